The Kier molecular flexibility index (Phi) is 4.76. The summed E-state index contributed by atoms with van der Waals surface area (Å²) in [6.07, 6.45) is 7.06. The highest BCUT2D eigenvalue weighted by molar-refractivity contribution is 5.54. The minimum atomic E-state index is -1.93. The molecular weight excluding hydrogens is 353 g/mol. The van der Waals surface area contributed by atoms with Crippen LogP contribution in [0.15, 0.2) is 35.8 Å². The molecule has 4 nitrogen and oxygen atoms in total. The summed E-state index contributed by atoms with van der Waals surface area (Å²) >= 11 is 0. The Morgan fingerprint density at radius 2 is 1.93 bits per heavy atom. The lowest BCUT2D eigenvalue weighted by molar-refractivity contribution is 0.238. The number of allylic oxidation sites excluding steroid dienone is 5. The monoisotopic (exact) mass is 374 g/mol. The third-order valence-corrected chi connectivity index (χ3v) is 5.17. The van der Waals surface area contributed by atoms with Gasteiger partial charge in [0.25, 0.3) is 0 Å². The molecule has 1 aromatic rings. The lowest BCUT2D eigenvalue weighted by Crippen LogP contribution is -2.38. The van der Waals surface area contributed by atoms with Crippen LogP contribution in [0.2, 0.25) is 0 Å². The lowest BCUT2D eigenvalue weighted by atomic mass is 9.87. The van der Waals surface area contributed by atoms with Crippen molar-refractivity contribution in [1.82, 2.24) is 15.3 Å². The van der Waals surface area contributed by atoms with Gasteiger partial charge in [-0.2, -0.15) is 0 Å². The summed E-state index contributed by atoms with van der Waals surface area (Å²) in [6, 6.07) is 0. The van der Waals surface area contributed by atoms with E-state index in [0.717, 1.165) is 30.1 Å². The second-order valence-electron chi connectivity index (χ2n) is 6.96. The Morgan fingerprint density at radius 3 is 2.67 bits per heavy atom. The predicted molar refractivity (Wildman–Crippen MR) is 99.4 cm³/mol. The van der Waals surface area contributed by atoms with Crippen molar-refractivity contribution in [3.05, 3.63) is 52.2 Å². The van der Waals surface area contributed by atoms with Crippen LogP contribution >= 0.6 is 0 Å². The maximum Gasteiger partial charge on any atom is 0.156 e. The van der Waals surface area contributed by atoms with E-state index in [9.17, 15) is 13.2 Å². The zero-order valence-corrected chi connectivity index (χ0v) is 14.9. The fraction of sp³-hybridized carbons (Fsp3) is 0.400. The molecule has 0 spiro atoms. The molecule has 0 radical (unpaired) electrons. The van der Waals surface area contributed by atoms with E-state index in [0.29, 0.717) is 23.7 Å². The van der Waals surface area contributed by atoms with Gasteiger partial charge in [-0.1, -0.05) is 12.2 Å². The molecular formula is C20H21F3N4. The zero-order chi connectivity index (χ0) is 19.0. The van der Waals surface area contributed by atoms with E-state index in [2.05, 4.69) is 15.6 Å². The summed E-state index contributed by atoms with van der Waals surface area (Å²) in [5.41, 5.74) is 0.187. The number of nitrogens with zero attached hydrogens (tertiary/aromatic N) is 2. The van der Waals surface area contributed by atoms with Gasteiger partial charge in [-0.3, -0.25) is 0 Å². The Labute approximate surface area is 155 Å². The van der Waals surface area contributed by atoms with Crippen molar-refractivity contribution in [2.24, 2.45) is 5.92 Å². The van der Waals surface area contributed by atoms with E-state index in [4.69, 9.17) is 4.98 Å². The van der Waals surface area contributed by atoms with Crippen LogP contribution in [0.25, 0.3) is 12.2 Å². The summed E-state index contributed by atoms with van der Waals surface area (Å²) in [5.74, 6) is 0.506. The molecule has 2 heterocycles. The topological polar surface area (TPSA) is 49.8 Å². The average Bonchev–Trinajstić information content (AvgIpc) is 2.70. The maximum atomic E-state index is 14.2. The highest BCUT2D eigenvalue weighted by Crippen LogP contribution is 2.32. The number of fused-ring (bicyclic) bond motifs is 1. The molecule has 3 aliphatic rings. The molecule has 0 saturated heterocycles. The van der Waals surface area contributed by atoms with Gasteiger partial charge in [-0.05, 0) is 42.8 Å². The normalized spacial score (nSPS) is 29.5. The van der Waals surface area contributed by atoms with Crippen LogP contribution in [0.4, 0.5) is 19.0 Å². The van der Waals surface area contributed by atoms with Crippen LogP contribution in [-0.2, 0) is 0 Å². The van der Waals surface area contributed by atoms with E-state index < -0.39 is 18.2 Å². The van der Waals surface area contributed by atoms with E-state index >= 15 is 0 Å². The molecule has 0 bridgehead atoms. The molecule has 0 fully saturated rings. The number of hydrogen-bond donors (Lipinski definition) is 2. The molecule has 4 atom stereocenters. The van der Waals surface area contributed by atoms with Crippen LogP contribution < -0.4 is 21.2 Å². The number of anilines is 1. The number of aromatic nitrogens is 2. The van der Waals surface area contributed by atoms with Crippen molar-refractivity contribution in [2.45, 2.75) is 31.1 Å². The molecule has 2 aliphatic carbocycles. The van der Waals surface area contributed by atoms with Gasteiger partial charge >= 0.3 is 0 Å². The third-order valence-electron chi connectivity index (χ3n) is 5.17. The van der Waals surface area contributed by atoms with Gasteiger partial charge in [-0.25, -0.2) is 23.1 Å². The molecule has 2 N–H and O–H groups in total. The summed E-state index contributed by atoms with van der Waals surface area (Å²) in [5, 5.41) is 7.84. The summed E-state index contributed by atoms with van der Waals surface area (Å²) in [7, 11) is 1.80. The lowest BCUT2D eigenvalue weighted by Gasteiger charge is -2.23. The van der Waals surface area contributed by atoms with Crippen LogP contribution in [0.1, 0.15) is 24.6 Å². The highest BCUT2D eigenvalue weighted by atomic mass is 19.2. The highest BCUT2D eigenvalue weighted by Gasteiger charge is 2.29. The van der Waals surface area contributed by atoms with Gasteiger partial charge in [0.1, 0.15) is 17.5 Å². The number of nitrogens with one attached hydrogen (secondary N) is 2. The fourth-order valence-corrected chi connectivity index (χ4v) is 3.70. The zero-order valence-electron chi connectivity index (χ0n) is 14.9. The summed E-state index contributed by atoms with van der Waals surface area (Å²) < 4.78 is 41.4. The molecule has 4 rings (SSSR count). The standard InChI is InChI=1S/C20H21F3N4/c1-24-20-13-5-4-11(14-8-16(22)17(23)9-15(14)21)7-18(13)26-19(27-20)12-3-2-6-25-10-12/h2,5-9,11-12,16-17,25H,3-4,10H2,1H3,(H,24,26,27). The van der Waals surface area contributed by atoms with E-state index in [-0.39, 0.29) is 17.4 Å². The molecule has 4 unspecified atom stereocenters. The smallest absolute Gasteiger partial charge is 0.156 e. The third kappa shape index (κ3) is 3.38. The average molecular weight is 374 g/mol. The van der Waals surface area contributed by atoms with Crippen molar-refractivity contribution in [2.75, 3.05) is 18.9 Å². The van der Waals surface area contributed by atoms with E-state index in [1.165, 1.54) is 0 Å². The molecule has 0 aromatic carbocycles. The number of rotatable bonds is 3. The van der Waals surface area contributed by atoms with Gasteiger partial charge in [-0.15, -0.1) is 0 Å². The van der Waals surface area contributed by atoms with Crippen molar-refractivity contribution in [3.63, 3.8) is 0 Å². The fourth-order valence-electron chi connectivity index (χ4n) is 3.70. The molecule has 27 heavy (non-hydrogen) atoms. The first kappa shape index (κ1) is 17.8. The summed E-state index contributed by atoms with van der Waals surface area (Å²) in [4.78, 5) is 9.35. The van der Waals surface area contributed by atoms with Crippen LogP contribution in [0.3, 0.4) is 0 Å². The first-order valence-corrected chi connectivity index (χ1v) is 9.10. The second-order valence-corrected chi connectivity index (χ2v) is 6.96. The largest absolute Gasteiger partial charge is 0.390 e. The SMILES string of the molecule is CNc1nc(C2CC=CNC2)nc2c1=CCC(C1=CC(F)C(F)C=C1F)C=2. The predicted octanol–water partition coefficient (Wildman–Crippen LogP) is 2.16. The van der Waals surface area contributed by atoms with Gasteiger partial charge in [0.15, 0.2) is 12.3 Å². The van der Waals surface area contributed by atoms with E-state index in [1.54, 1.807) is 7.05 Å². The number of halogens is 3. The Hall–Kier alpha value is -2.57. The van der Waals surface area contributed by atoms with Gasteiger partial charge in [0.05, 0.1) is 5.35 Å². The van der Waals surface area contributed by atoms with Gasteiger partial charge in [0, 0.05) is 30.6 Å². The van der Waals surface area contributed by atoms with Crippen molar-refractivity contribution >= 4 is 18.0 Å². The minimum absolute atomic E-state index is 0.147. The Bertz CT molecular complexity index is 951. The van der Waals surface area contributed by atoms with Crippen molar-refractivity contribution < 1.29 is 13.2 Å². The summed E-state index contributed by atoms with van der Waals surface area (Å²) in [6.45, 7) is 0.746. The van der Waals surface area contributed by atoms with E-state index in [1.807, 2.05) is 24.4 Å². The van der Waals surface area contributed by atoms with Gasteiger partial charge < -0.3 is 10.6 Å². The second kappa shape index (κ2) is 7.21. The molecule has 1 aromatic heterocycles. The Balaban J connectivity index is 1.75. The van der Waals surface area contributed by atoms with Crippen molar-refractivity contribution in [1.29, 1.82) is 0 Å². The molecule has 142 valence electrons. The first-order valence-electron chi connectivity index (χ1n) is 9.10. The first-order chi connectivity index (χ1) is 13.1. The van der Waals surface area contributed by atoms with Gasteiger partial charge in [0.2, 0.25) is 0 Å². The Morgan fingerprint density at radius 1 is 1.11 bits per heavy atom. The molecule has 0 saturated carbocycles. The molecule has 7 heteroatoms. The number of alkyl halides is 2. The van der Waals surface area contributed by atoms with Crippen LogP contribution in [0.5, 0.6) is 0 Å². The van der Waals surface area contributed by atoms with Crippen molar-refractivity contribution in [3.8, 4) is 0 Å². The van der Waals surface area contributed by atoms with Crippen LogP contribution in [-0.4, -0.2) is 35.9 Å². The minimum Gasteiger partial charge on any atom is -0.390 e. The maximum absolute atomic E-state index is 14.2. The molecule has 1 aliphatic heterocycles. The number of hydrogen-bond acceptors (Lipinski definition) is 4. The molecule has 0 amide bonds. The van der Waals surface area contributed by atoms with Crippen LogP contribution in [0, 0.1) is 5.92 Å². The quantitative estimate of drug-likeness (QED) is 0.851.